The summed E-state index contributed by atoms with van der Waals surface area (Å²) < 4.78 is 0. The lowest BCUT2D eigenvalue weighted by atomic mass is 10.3. The highest BCUT2D eigenvalue weighted by atomic mass is 16.1. The number of nitrogens with two attached hydrogens (primary N) is 1. The number of hydrogen-bond donors (Lipinski definition) is 2. The largest absolute Gasteiger partial charge is 0.356 e. The van der Waals surface area contributed by atoms with Crippen LogP contribution in [0.4, 0.5) is 0 Å². The van der Waals surface area contributed by atoms with Crippen LogP contribution in [-0.2, 0) is 4.79 Å². The van der Waals surface area contributed by atoms with Crippen molar-refractivity contribution >= 4 is 5.91 Å². The fourth-order valence-electron chi connectivity index (χ4n) is 0.417. The summed E-state index contributed by atoms with van der Waals surface area (Å²) in [4.78, 5) is 10.5. The Morgan fingerprint density at radius 2 is 1.64 bits per heavy atom. The molecule has 0 heterocycles. The first-order chi connectivity index (χ1) is 6.54. The van der Waals surface area contributed by atoms with Gasteiger partial charge in [0.15, 0.2) is 0 Å². The molecule has 3 nitrogen and oxygen atoms in total. The van der Waals surface area contributed by atoms with Gasteiger partial charge in [-0.05, 0) is 12.8 Å². The monoisotopic (exact) mass is 204 g/mol. The van der Waals surface area contributed by atoms with E-state index in [1.807, 2.05) is 20.8 Å². The van der Waals surface area contributed by atoms with Gasteiger partial charge in [-0.1, -0.05) is 34.6 Å². The van der Waals surface area contributed by atoms with Crippen molar-refractivity contribution in [3.63, 3.8) is 0 Å². The molecular weight excluding hydrogens is 176 g/mol. The molecule has 0 aliphatic carbocycles. The van der Waals surface area contributed by atoms with Crippen LogP contribution in [0.3, 0.4) is 0 Å². The predicted octanol–water partition coefficient (Wildman–Crippen LogP) is 2.16. The van der Waals surface area contributed by atoms with Crippen molar-refractivity contribution in [2.45, 2.75) is 48.0 Å². The minimum atomic E-state index is 0.0370. The number of rotatable bonds is 3. The van der Waals surface area contributed by atoms with E-state index < -0.39 is 0 Å². The molecule has 0 saturated heterocycles. The van der Waals surface area contributed by atoms with E-state index in [-0.39, 0.29) is 5.91 Å². The average molecular weight is 204 g/mol. The van der Waals surface area contributed by atoms with Gasteiger partial charge in [0.25, 0.3) is 0 Å². The van der Waals surface area contributed by atoms with Crippen LogP contribution in [0, 0.1) is 5.92 Å². The van der Waals surface area contributed by atoms with Crippen molar-refractivity contribution in [3.05, 3.63) is 0 Å². The molecule has 0 atom stereocenters. The van der Waals surface area contributed by atoms with Crippen LogP contribution in [-0.4, -0.2) is 19.0 Å². The Morgan fingerprint density at radius 3 is 1.86 bits per heavy atom. The summed E-state index contributed by atoms with van der Waals surface area (Å²) in [5.41, 5.74) is 5.10. The predicted molar refractivity (Wildman–Crippen MR) is 64.2 cm³/mol. The lowest BCUT2D eigenvalue weighted by Crippen LogP contribution is -2.24. The smallest absolute Gasteiger partial charge is 0.221 e. The zero-order valence-corrected chi connectivity index (χ0v) is 10.7. The molecule has 0 fully saturated rings. The van der Waals surface area contributed by atoms with Crippen molar-refractivity contribution in [1.29, 1.82) is 0 Å². The summed E-state index contributed by atoms with van der Waals surface area (Å²) in [6, 6.07) is 0. The van der Waals surface area contributed by atoms with Gasteiger partial charge >= 0.3 is 0 Å². The van der Waals surface area contributed by atoms with E-state index in [9.17, 15) is 4.79 Å². The van der Waals surface area contributed by atoms with Crippen LogP contribution in [0.25, 0.3) is 0 Å². The average Bonchev–Trinajstić information content (AvgIpc) is 2.08. The maximum Gasteiger partial charge on any atom is 0.221 e. The summed E-state index contributed by atoms with van der Waals surface area (Å²) in [5.74, 6) is 0.870. The van der Waals surface area contributed by atoms with Gasteiger partial charge in [-0.3, -0.25) is 4.79 Å². The van der Waals surface area contributed by atoms with E-state index in [1.54, 1.807) is 0 Å². The normalized spacial score (nSPS) is 8.00. The third kappa shape index (κ3) is 42.2. The molecule has 0 unspecified atom stereocenters. The first kappa shape index (κ1) is 19.1. The topological polar surface area (TPSA) is 55.1 Å². The van der Waals surface area contributed by atoms with Crippen LogP contribution < -0.4 is 11.1 Å². The molecule has 3 N–H and O–H groups in total. The molecular formula is C11H28N2O. The molecule has 0 saturated carbocycles. The van der Waals surface area contributed by atoms with Crippen LogP contribution in [0.2, 0.25) is 0 Å². The highest BCUT2D eigenvalue weighted by Gasteiger charge is 1.92. The Morgan fingerprint density at radius 1 is 1.29 bits per heavy atom. The van der Waals surface area contributed by atoms with Crippen molar-refractivity contribution in [1.82, 2.24) is 5.32 Å². The summed E-state index contributed by atoms with van der Waals surface area (Å²) in [6.45, 7) is 13.5. The van der Waals surface area contributed by atoms with Gasteiger partial charge in [-0.25, -0.2) is 0 Å². The number of amides is 1. The summed E-state index contributed by atoms with van der Waals surface area (Å²) >= 11 is 0. The second-order valence-corrected chi connectivity index (χ2v) is 3.22. The zero-order valence-electron chi connectivity index (χ0n) is 10.7. The second kappa shape index (κ2) is 18.3. The molecule has 3 heteroatoms. The molecule has 0 bridgehead atoms. The third-order valence-electron chi connectivity index (χ3n) is 0.745. The third-order valence-corrected chi connectivity index (χ3v) is 0.745. The Balaban J connectivity index is -0.000000170. The zero-order chi connectivity index (χ0) is 12.0. The maximum atomic E-state index is 10.5. The van der Waals surface area contributed by atoms with Crippen LogP contribution in [0.5, 0.6) is 0 Å². The van der Waals surface area contributed by atoms with Crippen LogP contribution in [0.15, 0.2) is 0 Å². The number of carbonyl (C=O) groups excluding carboxylic acids is 1. The van der Waals surface area contributed by atoms with Crippen molar-refractivity contribution in [3.8, 4) is 0 Å². The molecule has 0 aromatic heterocycles. The molecule has 0 rings (SSSR count). The van der Waals surface area contributed by atoms with Gasteiger partial charge in [0.2, 0.25) is 5.91 Å². The molecule has 0 spiro atoms. The summed E-state index contributed by atoms with van der Waals surface area (Å²) in [7, 11) is 0. The van der Waals surface area contributed by atoms with E-state index in [0.717, 1.165) is 5.92 Å². The Labute approximate surface area is 89.5 Å². The van der Waals surface area contributed by atoms with Gasteiger partial charge in [-0.2, -0.15) is 0 Å². The van der Waals surface area contributed by atoms with Crippen molar-refractivity contribution in [2.24, 2.45) is 11.7 Å². The van der Waals surface area contributed by atoms with Gasteiger partial charge < -0.3 is 11.1 Å². The quantitative estimate of drug-likeness (QED) is 0.740. The number of carbonyl (C=O) groups is 1. The highest BCUT2D eigenvalue weighted by molar-refractivity contribution is 5.75. The first-order valence-electron chi connectivity index (χ1n) is 5.51. The van der Waals surface area contributed by atoms with Gasteiger partial charge in [-0.15, -0.1) is 0 Å². The highest BCUT2D eigenvalue weighted by Crippen LogP contribution is 1.81. The van der Waals surface area contributed by atoms with Gasteiger partial charge in [0, 0.05) is 19.5 Å². The molecule has 0 aromatic carbocycles. The van der Waals surface area contributed by atoms with Crippen LogP contribution in [0.1, 0.15) is 48.0 Å². The molecule has 0 aliphatic rings. The van der Waals surface area contributed by atoms with Crippen molar-refractivity contribution < 1.29 is 4.79 Å². The number of hydrogen-bond acceptors (Lipinski definition) is 2. The van der Waals surface area contributed by atoms with Crippen LogP contribution >= 0.6 is 0 Å². The first-order valence-corrected chi connectivity index (χ1v) is 5.51. The Kier molecular flexibility index (Phi) is 24.9. The lowest BCUT2D eigenvalue weighted by molar-refractivity contribution is -0.120. The molecule has 0 aliphatic heterocycles. The summed E-state index contributed by atoms with van der Waals surface area (Å²) in [5, 5.41) is 2.63. The minimum Gasteiger partial charge on any atom is -0.356 e. The summed E-state index contributed by atoms with van der Waals surface area (Å²) in [6.07, 6.45) is 0.438. The number of nitrogens with one attached hydrogen (secondary N) is 1. The second-order valence-electron chi connectivity index (χ2n) is 3.22. The Hall–Kier alpha value is -0.570. The molecule has 88 valence electrons. The van der Waals surface area contributed by atoms with E-state index >= 15 is 0 Å². The Bertz CT molecular complexity index is 92.7. The standard InChI is InChI=1S/C5H12N2O.C4H10.C2H6/c1-2-7-5(8)3-4-6;1-4(2)3;1-2/h2-4,6H2,1H3,(H,7,8);4H,1-3H3;1-2H3. The molecule has 1 amide bonds. The fourth-order valence-corrected chi connectivity index (χ4v) is 0.417. The molecule has 0 radical (unpaired) electrons. The van der Waals surface area contributed by atoms with E-state index in [1.165, 1.54) is 0 Å². The van der Waals surface area contributed by atoms with Gasteiger partial charge in [0.05, 0.1) is 0 Å². The maximum absolute atomic E-state index is 10.5. The van der Waals surface area contributed by atoms with E-state index in [2.05, 4.69) is 26.1 Å². The van der Waals surface area contributed by atoms with Crippen molar-refractivity contribution in [2.75, 3.05) is 13.1 Å². The minimum absolute atomic E-state index is 0.0370. The lowest BCUT2D eigenvalue weighted by Gasteiger charge is -1.96. The van der Waals surface area contributed by atoms with E-state index in [0.29, 0.717) is 19.5 Å². The fraction of sp³-hybridized carbons (Fsp3) is 0.909. The van der Waals surface area contributed by atoms with Gasteiger partial charge in [0.1, 0.15) is 0 Å². The molecule has 14 heavy (non-hydrogen) atoms. The van der Waals surface area contributed by atoms with E-state index in [4.69, 9.17) is 5.73 Å². The SMILES string of the molecule is CC.CC(C)C.CCNC(=O)CCN. The molecule has 0 aromatic rings.